The summed E-state index contributed by atoms with van der Waals surface area (Å²) in [6.07, 6.45) is 5.36. The summed E-state index contributed by atoms with van der Waals surface area (Å²) in [5.41, 5.74) is 5.01. The van der Waals surface area contributed by atoms with Crippen LogP contribution >= 0.6 is 11.8 Å². The predicted molar refractivity (Wildman–Crippen MR) is 48.5 cm³/mol. The Morgan fingerprint density at radius 3 is 2.73 bits per heavy atom. The SMILES string of the molecule is NC(=O)CCCCC1CCS1. The van der Waals surface area contributed by atoms with Crippen LogP contribution < -0.4 is 5.73 Å². The molecule has 1 unspecified atom stereocenters. The van der Waals surface area contributed by atoms with Crippen molar-refractivity contribution in [2.45, 2.75) is 37.4 Å². The van der Waals surface area contributed by atoms with E-state index in [1.165, 1.54) is 25.0 Å². The van der Waals surface area contributed by atoms with Crippen LogP contribution in [0, 0.1) is 0 Å². The van der Waals surface area contributed by atoms with Crippen LogP contribution in [0.5, 0.6) is 0 Å². The number of amides is 1. The van der Waals surface area contributed by atoms with Crippen LogP contribution in [0.1, 0.15) is 32.1 Å². The fourth-order valence-corrected chi connectivity index (χ4v) is 2.09. The van der Waals surface area contributed by atoms with E-state index in [2.05, 4.69) is 0 Å². The highest BCUT2D eigenvalue weighted by Gasteiger charge is 2.16. The average molecular weight is 173 g/mol. The van der Waals surface area contributed by atoms with Crippen LogP contribution in [0.3, 0.4) is 0 Å². The van der Waals surface area contributed by atoms with Gasteiger partial charge in [-0.05, 0) is 25.0 Å². The van der Waals surface area contributed by atoms with Crippen molar-refractivity contribution >= 4 is 17.7 Å². The Morgan fingerprint density at radius 2 is 2.27 bits per heavy atom. The zero-order valence-corrected chi connectivity index (χ0v) is 7.53. The predicted octanol–water partition coefficient (Wildman–Crippen LogP) is 1.54. The molecule has 11 heavy (non-hydrogen) atoms. The van der Waals surface area contributed by atoms with Crippen LogP contribution in [0.4, 0.5) is 0 Å². The van der Waals surface area contributed by atoms with E-state index >= 15 is 0 Å². The molecule has 0 aromatic heterocycles. The maximum atomic E-state index is 10.3. The Morgan fingerprint density at radius 1 is 1.55 bits per heavy atom. The van der Waals surface area contributed by atoms with Gasteiger partial charge in [-0.2, -0.15) is 11.8 Å². The Labute approximate surface area is 71.9 Å². The van der Waals surface area contributed by atoms with Crippen LogP contribution in [0.2, 0.25) is 0 Å². The van der Waals surface area contributed by atoms with Gasteiger partial charge in [0.25, 0.3) is 0 Å². The third-order valence-corrected chi connectivity index (χ3v) is 3.41. The summed E-state index contributed by atoms with van der Waals surface area (Å²) >= 11 is 2.05. The number of thioether (sulfide) groups is 1. The summed E-state index contributed by atoms with van der Waals surface area (Å²) in [5, 5.41) is 0.892. The largest absolute Gasteiger partial charge is 0.370 e. The minimum Gasteiger partial charge on any atom is -0.370 e. The topological polar surface area (TPSA) is 43.1 Å². The summed E-state index contributed by atoms with van der Waals surface area (Å²) in [6, 6.07) is 0. The van der Waals surface area contributed by atoms with Crippen molar-refractivity contribution in [1.29, 1.82) is 0 Å². The number of carbonyl (C=O) groups is 1. The molecule has 1 aliphatic heterocycles. The first-order valence-electron chi connectivity index (χ1n) is 4.19. The monoisotopic (exact) mass is 173 g/mol. The van der Waals surface area contributed by atoms with Crippen LogP contribution in [0.25, 0.3) is 0 Å². The first-order valence-corrected chi connectivity index (χ1v) is 5.24. The number of hydrogen-bond acceptors (Lipinski definition) is 2. The third-order valence-electron chi connectivity index (χ3n) is 1.99. The van der Waals surface area contributed by atoms with Gasteiger partial charge in [0.05, 0.1) is 0 Å². The highest BCUT2D eigenvalue weighted by molar-refractivity contribution is 8.01. The van der Waals surface area contributed by atoms with E-state index in [-0.39, 0.29) is 5.91 Å². The van der Waals surface area contributed by atoms with E-state index in [1.54, 1.807) is 0 Å². The van der Waals surface area contributed by atoms with Gasteiger partial charge in [0, 0.05) is 11.7 Å². The molecule has 1 atom stereocenters. The summed E-state index contributed by atoms with van der Waals surface area (Å²) in [4.78, 5) is 10.3. The van der Waals surface area contributed by atoms with Gasteiger partial charge in [-0.15, -0.1) is 0 Å². The van der Waals surface area contributed by atoms with Gasteiger partial charge in [0.15, 0.2) is 0 Å². The van der Waals surface area contributed by atoms with Gasteiger partial charge in [-0.1, -0.05) is 6.42 Å². The summed E-state index contributed by atoms with van der Waals surface area (Å²) in [7, 11) is 0. The van der Waals surface area contributed by atoms with Crippen molar-refractivity contribution in [1.82, 2.24) is 0 Å². The Balaban J connectivity index is 1.83. The molecule has 0 radical (unpaired) electrons. The minimum atomic E-state index is -0.161. The fourth-order valence-electron chi connectivity index (χ4n) is 1.18. The summed E-state index contributed by atoms with van der Waals surface area (Å²) in [6.45, 7) is 0. The van der Waals surface area contributed by atoms with Crippen LogP contribution in [-0.4, -0.2) is 16.9 Å². The number of unbranched alkanes of at least 4 members (excludes halogenated alkanes) is 1. The lowest BCUT2D eigenvalue weighted by atomic mass is 10.1. The molecule has 1 fully saturated rings. The van der Waals surface area contributed by atoms with E-state index in [1.807, 2.05) is 11.8 Å². The third kappa shape index (κ3) is 3.65. The Bertz CT molecular complexity index is 134. The molecule has 1 amide bonds. The first-order chi connectivity index (χ1) is 5.29. The molecule has 0 aliphatic carbocycles. The first kappa shape index (κ1) is 8.91. The molecule has 2 nitrogen and oxygen atoms in total. The van der Waals surface area contributed by atoms with Crippen molar-refractivity contribution in [3.8, 4) is 0 Å². The van der Waals surface area contributed by atoms with Gasteiger partial charge >= 0.3 is 0 Å². The molecule has 64 valence electrons. The van der Waals surface area contributed by atoms with Gasteiger partial charge in [0.2, 0.25) is 5.91 Å². The molecule has 1 rings (SSSR count). The van der Waals surface area contributed by atoms with E-state index in [4.69, 9.17) is 5.73 Å². The van der Waals surface area contributed by atoms with Crippen molar-refractivity contribution in [2.75, 3.05) is 5.75 Å². The smallest absolute Gasteiger partial charge is 0.217 e. The molecule has 0 spiro atoms. The minimum absolute atomic E-state index is 0.161. The van der Waals surface area contributed by atoms with Gasteiger partial charge < -0.3 is 5.73 Å². The zero-order valence-electron chi connectivity index (χ0n) is 6.71. The number of carbonyl (C=O) groups excluding carboxylic acids is 1. The Kier molecular flexibility index (Phi) is 3.77. The van der Waals surface area contributed by atoms with Crippen molar-refractivity contribution in [3.63, 3.8) is 0 Å². The molecule has 1 heterocycles. The number of primary amides is 1. The zero-order chi connectivity index (χ0) is 8.10. The number of hydrogen-bond donors (Lipinski definition) is 1. The van der Waals surface area contributed by atoms with Gasteiger partial charge in [-0.3, -0.25) is 4.79 Å². The highest BCUT2D eigenvalue weighted by atomic mass is 32.2. The molecule has 3 heteroatoms. The molecule has 2 N–H and O–H groups in total. The molecule has 0 bridgehead atoms. The summed E-state index contributed by atoms with van der Waals surface area (Å²) < 4.78 is 0. The molecule has 0 aromatic rings. The molecule has 1 aliphatic rings. The molecule has 0 saturated carbocycles. The van der Waals surface area contributed by atoms with E-state index in [0.29, 0.717) is 6.42 Å². The van der Waals surface area contributed by atoms with E-state index in [0.717, 1.165) is 11.7 Å². The second-order valence-corrected chi connectivity index (χ2v) is 4.40. The lowest BCUT2D eigenvalue weighted by molar-refractivity contribution is -0.118. The number of nitrogens with two attached hydrogens (primary N) is 1. The lowest BCUT2D eigenvalue weighted by Gasteiger charge is -2.24. The maximum Gasteiger partial charge on any atom is 0.217 e. The van der Waals surface area contributed by atoms with Crippen LogP contribution in [0.15, 0.2) is 0 Å². The van der Waals surface area contributed by atoms with Gasteiger partial charge in [0.1, 0.15) is 0 Å². The molecule has 1 saturated heterocycles. The van der Waals surface area contributed by atoms with E-state index in [9.17, 15) is 4.79 Å². The molecular formula is C8H15NOS. The Hall–Kier alpha value is -0.180. The van der Waals surface area contributed by atoms with Crippen molar-refractivity contribution < 1.29 is 4.79 Å². The highest BCUT2D eigenvalue weighted by Crippen LogP contribution is 2.31. The van der Waals surface area contributed by atoms with E-state index < -0.39 is 0 Å². The average Bonchev–Trinajstić information content (AvgIpc) is 1.82. The summed E-state index contributed by atoms with van der Waals surface area (Å²) in [5.74, 6) is 1.17. The second kappa shape index (κ2) is 4.65. The van der Waals surface area contributed by atoms with Crippen molar-refractivity contribution in [2.24, 2.45) is 5.73 Å². The maximum absolute atomic E-state index is 10.3. The second-order valence-electron chi connectivity index (χ2n) is 2.99. The number of rotatable bonds is 5. The molecular weight excluding hydrogens is 158 g/mol. The molecule has 0 aromatic carbocycles. The fraction of sp³-hybridized carbons (Fsp3) is 0.875. The lowest BCUT2D eigenvalue weighted by Crippen LogP contribution is -2.15. The van der Waals surface area contributed by atoms with Gasteiger partial charge in [-0.25, -0.2) is 0 Å². The standard InChI is InChI=1S/C8H15NOS/c9-8(10)4-2-1-3-7-5-6-11-7/h7H,1-6H2,(H2,9,10). The van der Waals surface area contributed by atoms with Crippen LogP contribution in [-0.2, 0) is 4.79 Å². The quantitative estimate of drug-likeness (QED) is 0.641. The normalized spacial score (nSPS) is 22.7. The van der Waals surface area contributed by atoms with Crippen molar-refractivity contribution in [3.05, 3.63) is 0 Å².